The molecule has 2 aromatic rings. The molecule has 1 N–H and O–H groups in total. The third kappa shape index (κ3) is 4.89. The molecule has 1 heterocycles. The molecule has 0 spiro atoms. The largest absolute Gasteiger partial charge is 0.497 e. The number of carbonyl (C=O) groups is 1. The number of amides is 1. The van der Waals surface area contributed by atoms with Crippen molar-refractivity contribution in [2.45, 2.75) is 38.5 Å². The van der Waals surface area contributed by atoms with Gasteiger partial charge >= 0.3 is 0 Å². The van der Waals surface area contributed by atoms with E-state index >= 15 is 0 Å². The fourth-order valence-electron chi connectivity index (χ4n) is 4.31. The molecule has 1 fully saturated rings. The van der Waals surface area contributed by atoms with Crippen LogP contribution in [0.25, 0.3) is 0 Å². The lowest BCUT2D eigenvalue weighted by Gasteiger charge is -2.34. The fourth-order valence-corrected chi connectivity index (χ4v) is 4.31. The molecule has 162 valence electrons. The molecule has 30 heavy (non-hydrogen) atoms. The minimum atomic E-state index is -0.129. The molecule has 0 radical (unpaired) electrons. The fraction of sp³-hybridized carbons (Fsp3) is 0.480. The summed E-state index contributed by atoms with van der Waals surface area (Å²) < 4.78 is 11.1. The molecule has 1 amide bonds. The number of hydrogen-bond acceptors (Lipinski definition) is 4. The van der Waals surface area contributed by atoms with Gasteiger partial charge < -0.3 is 19.7 Å². The van der Waals surface area contributed by atoms with E-state index in [0.717, 1.165) is 49.5 Å². The van der Waals surface area contributed by atoms with Crippen molar-refractivity contribution in [2.24, 2.45) is 5.92 Å². The van der Waals surface area contributed by atoms with Crippen LogP contribution >= 0.6 is 0 Å². The van der Waals surface area contributed by atoms with Crippen LogP contribution in [0.4, 0.5) is 5.69 Å². The summed E-state index contributed by atoms with van der Waals surface area (Å²) >= 11 is 0. The molecular formula is C25H34N2O3. The Bertz CT molecular complexity index is 852. The molecule has 1 aliphatic rings. The molecule has 3 rings (SSSR count). The summed E-state index contributed by atoms with van der Waals surface area (Å²) in [4.78, 5) is 14.8. The van der Waals surface area contributed by atoms with E-state index in [1.807, 2.05) is 38.1 Å². The summed E-state index contributed by atoms with van der Waals surface area (Å²) in [5.41, 5.74) is 2.23. The van der Waals surface area contributed by atoms with Gasteiger partial charge in [0.2, 0.25) is 5.91 Å². The van der Waals surface area contributed by atoms with Crippen molar-refractivity contribution in [2.75, 3.05) is 38.8 Å². The summed E-state index contributed by atoms with van der Waals surface area (Å²) in [6, 6.07) is 16.5. The maximum absolute atomic E-state index is 12.4. The third-order valence-electron chi connectivity index (χ3n) is 6.18. The predicted molar refractivity (Wildman–Crippen MR) is 122 cm³/mol. The Labute approximate surface area is 180 Å². The van der Waals surface area contributed by atoms with Crippen molar-refractivity contribution >= 4 is 11.6 Å². The second kappa shape index (κ2) is 9.88. The first-order valence-electron chi connectivity index (χ1n) is 10.8. The van der Waals surface area contributed by atoms with Crippen LogP contribution in [0.5, 0.6) is 11.5 Å². The van der Waals surface area contributed by atoms with E-state index in [0.29, 0.717) is 6.54 Å². The monoisotopic (exact) mass is 410 g/mol. The number of anilines is 1. The number of rotatable bonds is 7. The van der Waals surface area contributed by atoms with Crippen LogP contribution in [-0.2, 0) is 10.2 Å². The lowest BCUT2D eigenvalue weighted by Crippen LogP contribution is -2.43. The summed E-state index contributed by atoms with van der Waals surface area (Å²) in [5, 5.41) is 3.21. The standard InChI is InChI=1S/C25H34N2O3/c1-19(2)24(28)26-18-25(20-9-7-10-21(17-20)29-3)13-8-15-27(16-14-25)22-11-5-6-12-23(22)30-4/h5-7,9-12,17,19H,8,13-16,18H2,1-4H3,(H,26,28). The SMILES string of the molecule is COc1cccc(C2(CNC(=O)C(C)C)CCCN(c3ccccc3OC)CC2)c1. The Kier molecular flexibility index (Phi) is 7.24. The highest BCUT2D eigenvalue weighted by Gasteiger charge is 2.35. The van der Waals surface area contributed by atoms with Gasteiger partial charge in [-0.25, -0.2) is 0 Å². The first-order chi connectivity index (χ1) is 14.5. The van der Waals surface area contributed by atoms with E-state index in [2.05, 4.69) is 34.5 Å². The molecule has 1 aliphatic heterocycles. The van der Waals surface area contributed by atoms with Gasteiger partial charge in [0, 0.05) is 31.0 Å². The molecule has 5 nitrogen and oxygen atoms in total. The van der Waals surface area contributed by atoms with E-state index in [9.17, 15) is 4.79 Å². The molecule has 0 aromatic heterocycles. The number of benzene rings is 2. The average molecular weight is 411 g/mol. The topological polar surface area (TPSA) is 50.8 Å². The van der Waals surface area contributed by atoms with Crippen molar-refractivity contribution in [1.82, 2.24) is 5.32 Å². The van der Waals surface area contributed by atoms with Gasteiger partial charge in [0.05, 0.1) is 19.9 Å². The summed E-state index contributed by atoms with van der Waals surface area (Å²) in [6.07, 6.45) is 2.98. The van der Waals surface area contributed by atoms with Gasteiger partial charge in [-0.15, -0.1) is 0 Å². The zero-order valence-corrected chi connectivity index (χ0v) is 18.6. The molecule has 0 aliphatic carbocycles. The molecular weight excluding hydrogens is 376 g/mol. The number of para-hydroxylation sites is 2. The molecule has 0 bridgehead atoms. The van der Waals surface area contributed by atoms with E-state index in [-0.39, 0.29) is 17.2 Å². The molecule has 2 aromatic carbocycles. The average Bonchev–Trinajstić information content (AvgIpc) is 3.01. The van der Waals surface area contributed by atoms with Gasteiger partial charge in [0.1, 0.15) is 11.5 Å². The van der Waals surface area contributed by atoms with Gasteiger partial charge in [-0.05, 0) is 49.1 Å². The van der Waals surface area contributed by atoms with Crippen LogP contribution in [0.1, 0.15) is 38.7 Å². The summed E-state index contributed by atoms with van der Waals surface area (Å²) in [7, 11) is 3.42. The number of ether oxygens (including phenoxy) is 2. The Morgan fingerprint density at radius 3 is 2.60 bits per heavy atom. The van der Waals surface area contributed by atoms with Crippen LogP contribution in [0.15, 0.2) is 48.5 Å². The lowest BCUT2D eigenvalue weighted by molar-refractivity contribution is -0.124. The smallest absolute Gasteiger partial charge is 0.222 e. The third-order valence-corrected chi connectivity index (χ3v) is 6.18. The predicted octanol–water partition coefficient (Wildman–Crippen LogP) is 4.40. The number of methoxy groups -OCH3 is 2. The minimum Gasteiger partial charge on any atom is -0.497 e. The van der Waals surface area contributed by atoms with Crippen molar-refractivity contribution in [3.05, 3.63) is 54.1 Å². The van der Waals surface area contributed by atoms with Crippen LogP contribution in [-0.4, -0.2) is 39.8 Å². The van der Waals surface area contributed by atoms with Crippen LogP contribution < -0.4 is 19.7 Å². The Morgan fingerprint density at radius 1 is 1.07 bits per heavy atom. The number of carbonyl (C=O) groups excluding carboxylic acids is 1. The molecule has 1 atom stereocenters. The van der Waals surface area contributed by atoms with Crippen LogP contribution in [0.3, 0.4) is 0 Å². The van der Waals surface area contributed by atoms with Crippen LogP contribution in [0, 0.1) is 5.92 Å². The summed E-state index contributed by atoms with van der Waals surface area (Å²) in [5.74, 6) is 1.83. The van der Waals surface area contributed by atoms with Gasteiger partial charge in [-0.3, -0.25) is 4.79 Å². The van der Waals surface area contributed by atoms with Crippen molar-refractivity contribution in [3.63, 3.8) is 0 Å². The molecule has 1 unspecified atom stereocenters. The lowest BCUT2D eigenvalue weighted by atomic mass is 9.74. The Balaban J connectivity index is 1.89. The maximum atomic E-state index is 12.4. The summed E-state index contributed by atoms with van der Waals surface area (Å²) in [6.45, 7) is 6.37. The minimum absolute atomic E-state index is 0.0248. The second-order valence-electron chi connectivity index (χ2n) is 8.40. The second-order valence-corrected chi connectivity index (χ2v) is 8.40. The van der Waals surface area contributed by atoms with Gasteiger partial charge in [0.15, 0.2) is 0 Å². The van der Waals surface area contributed by atoms with Gasteiger partial charge in [-0.1, -0.05) is 38.1 Å². The van der Waals surface area contributed by atoms with Crippen molar-refractivity contribution in [1.29, 1.82) is 0 Å². The molecule has 1 saturated heterocycles. The zero-order valence-electron chi connectivity index (χ0n) is 18.6. The molecule has 0 saturated carbocycles. The van der Waals surface area contributed by atoms with E-state index in [1.54, 1.807) is 14.2 Å². The van der Waals surface area contributed by atoms with Gasteiger partial charge in [-0.2, -0.15) is 0 Å². The number of nitrogens with zero attached hydrogens (tertiary/aromatic N) is 1. The maximum Gasteiger partial charge on any atom is 0.222 e. The number of nitrogens with one attached hydrogen (secondary N) is 1. The first-order valence-corrected chi connectivity index (χ1v) is 10.8. The highest BCUT2D eigenvalue weighted by atomic mass is 16.5. The normalized spacial score (nSPS) is 19.3. The highest BCUT2D eigenvalue weighted by Crippen LogP contribution is 2.39. The quantitative estimate of drug-likeness (QED) is 0.735. The zero-order chi connectivity index (χ0) is 21.6. The Hall–Kier alpha value is -2.69. The molecule has 5 heteroatoms. The van der Waals surface area contributed by atoms with Crippen molar-refractivity contribution in [3.8, 4) is 11.5 Å². The Morgan fingerprint density at radius 2 is 1.87 bits per heavy atom. The van der Waals surface area contributed by atoms with Gasteiger partial charge in [0.25, 0.3) is 0 Å². The highest BCUT2D eigenvalue weighted by molar-refractivity contribution is 5.78. The van der Waals surface area contributed by atoms with Crippen molar-refractivity contribution < 1.29 is 14.3 Å². The first kappa shape index (κ1) is 22.0. The number of hydrogen-bond donors (Lipinski definition) is 1. The van der Waals surface area contributed by atoms with E-state index in [1.165, 1.54) is 5.56 Å². The van der Waals surface area contributed by atoms with E-state index in [4.69, 9.17) is 9.47 Å². The van der Waals surface area contributed by atoms with E-state index < -0.39 is 0 Å². The van der Waals surface area contributed by atoms with Crippen LogP contribution in [0.2, 0.25) is 0 Å².